The summed E-state index contributed by atoms with van der Waals surface area (Å²) in [6.45, 7) is 1.64. The fourth-order valence-corrected chi connectivity index (χ4v) is 1.36. The molecule has 14 heavy (non-hydrogen) atoms. The molecule has 0 aliphatic rings. The van der Waals surface area contributed by atoms with Crippen molar-refractivity contribution in [2.24, 2.45) is 0 Å². The van der Waals surface area contributed by atoms with E-state index in [0.29, 0.717) is 4.47 Å². The number of aliphatic hydroxyl groups is 1. The number of hydrogen-bond acceptors (Lipinski definition) is 2. The summed E-state index contributed by atoms with van der Waals surface area (Å²) in [5, 5.41) is 11.4. The van der Waals surface area contributed by atoms with Gasteiger partial charge in [-0.15, -0.1) is 0 Å². The zero-order chi connectivity index (χ0) is 10.7. The van der Waals surface area contributed by atoms with Crippen LogP contribution in [0.3, 0.4) is 0 Å². The minimum absolute atomic E-state index is 0.107. The summed E-state index contributed by atoms with van der Waals surface area (Å²) in [5.41, 5.74) is -0.214. The maximum atomic E-state index is 13.1. The summed E-state index contributed by atoms with van der Waals surface area (Å²) >= 11 is 2.97. The van der Waals surface area contributed by atoms with E-state index in [2.05, 4.69) is 21.2 Å². The van der Waals surface area contributed by atoms with Crippen LogP contribution in [0.15, 0.2) is 16.6 Å². The normalized spacial score (nSPS) is 12.6. The molecule has 0 aromatic heterocycles. The number of benzene rings is 1. The second-order valence-corrected chi connectivity index (χ2v) is 3.89. The highest BCUT2D eigenvalue weighted by atomic mass is 79.9. The SMILES string of the molecule is CC(O)CNc1c(F)cc(Br)cc1F. The van der Waals surface area contributed by atoms with Gasteiger partial charge in [-0.3, -0.25) is 0 Å². The van der Waals surface area contributed by atoms with Crippen LogP contribution in [0.1, 0.15) is 6.92 Å². The molecule has 0 amide bonds. The third kappa shape index (κ3) is 2.92. The molecule has 5 heteroatoms. The average Bonchev–Trinajstić information content (AvgIpc) is 2.01. The van der Waals surface area contributed by atoms with E-state index in [-0.39, 0.29) is 12.2 Å². The van der Waals surface area contributed by atoms with Gasteiger partial charge < -0.3 is 10.4 Å². The predicted molar refractivity (Wildman–Crippen MR) is 54.2 cm³/mol. The van der Waals surface area contributed by atoms with E-state index in [1.807, 2.05) is 0 Å². The number of anilines is 1. The minimum Gasteiger partial charge on any atom is -0.392 e. The first-order valence-electron chi connectivity index (χ1n) is 4.07. The summed E-state index contributed by atoms with van der Waals surface area (Å²) in [6, 6.07) is 2.32. The van der Waals surface area contributed by atoms with Crippen molar-refractivity contribution in [3.05, 3.63) is 28.2 Å². The summed E-state index contributed by atoms with van der Waals surface area (Å²) in [5.74, 6) is -1.37. The summed E-state index contributed by atoms with van der Waals surface area (Å²) in [6.07, 6.45) is -0.655. The van der Waals surface area contributed by atoms with Gasteiger partial charge in [-0.25, -0.2) is 8.78 Å². The lowest BCUT2D eigenvalue weighted by atomic mass is 10.2. The van der Waals surface area contributed by atoms with E-state index < -0.39 is 17.7 Å². The minimum atomic E-state index is -0.683. The highest BCUT2D eigenvalue weighted by Gasteiger charge is 2.10. The van der Waals surface area contributed by atoms with Crippen LogP contribution in [0, 0.1) is 11.6 Å². The zero-order valence-corrected chi connectivity index (χ0v) is 9.11. The molecule has 0 aliphatic heterocycles. The number of nitrogens with one attached hydrogen (secondary N) is 1. The highest BCUT2D eigenvalue weighted by Crippen LogP contribution is 2.23. The van der Waals surface area contributed by atoms with E-state index in [1.54, 1.807) is 0 Å². The third-order valence-corrected chi connectivity index (χ3v) is 2.04. The smallest absolute Gasteiger partial charge is 0.150 e. The molecule has 0 bridgehead atoms. The lowest BCUT2D eigenvalue weighted by Gasteiger charge is -2.10. The Morgan fingerprint density at radius 1 is 1.43 bits per heavy atom. The van der Waals surface area contributed by atoms with E-state index in [9.17, 15) is 8.78 Å². The highest BCUT2D eigenvalue weighted by molar-refractivity contribution is 9.10. The largest absolute Gasteiger partial charge is 0.392 e. The van der Waals surface area contributed by atoms with Crippen molar-refractivity contribution in [3.63, 3.8) is 0 Å². The Bertz CT molecular complexity index is 308. The van der Waals surface area contributed by atoms with Gasteiger partial charge in [0.1, 0.15) is 17.3 Å². The number of halogens is 3. The lowest BCUT2D eigenvalue weighted by Crippen LogP contribution is -2.16. The van der Waals surface area contributed by atoms with Gasteiger partial charge in [0.15, 0.2) is 0 Å². The van der Waals surface area contributed by atoms with Crippen molar-refractivity contribution in [2.75, 3.05) is 11.9 Å². The standard InChI is InChI=1S/C9H10BrF2NO/c1-5(14)4-13-9-7(11)2-6(10)3-8(9)12/h2-3,5,13-14H,4H2,1H3. The van der Waals surface area contributed by atoms with Gasteiger partial charge in [-0.2, -0.15) is 0 Å². The Morgan fingerprint density at radius 3 is 2.36 bits per heavy atom. The average molecular weight is 266 g/mol. The van der Waals surface area contributed by atoms with Gasteiger partial charge in [0.25, 0.3) is 0 Å². The molecule has 0 heterocycles. The van der Waals surface area contributed by atoms with Crippen molar-refractivity contribution in [1.82, 2.24) is 0 Å². The molecular weight excluding hydrogens is 256 g/mol. The van der Waals surface area contributed by atoms with Crippen LogP contribution >= 0.6 is 15.9 Å². The molecule has 0 aliphatic carbocycles. The van der Waals surface area contributed by atoms with Crippen molar-refractivity contribution < 1.29 is 13.9 Å². The molecule has 1 atom stereocenters. The van der Waals surface area contributed by atoms with Gasteiger partial charge >= 0.3 is 0 Å². The van der Waals surface area contributed by atoms with E-state index in [1.165, 1.54) is 6.92 Å². The van der Waals surface area contributed by atoms with Crippen LogP contribution in [-0.4, -0.2) is 17.8 Å². The summed E-state index contributed by atoms with van der Waals surface area (Å²) in [4.78, 5) is 0. The van der Waals surface area contributed by atoms with Crippen molar-refractivity contribution in [3.8, 4) is 0 Å². The monoisotopic (exact) mass is 265 g/mol. The van der Waals surface area contributed by atoms with Crippen LogP contribution < -0.4 is 5.32 Å². The molecular formula is C9H10BrF2NO. The second kappa shape index (κ2) is 4.70. The Labute approximate surface area is 89.1 Å². The van der Waals surface area contributed by atoms with E-state index >= 15 is 0 Å². The van der Waals surface area contributed by atoms with Gasteiger partial charge in [0.05, 0.1) is 6.10 Å². The topological polar surface area (TPSA) is 32.3 Å². The lowest BCUT2D eigenvalue weighted by molar-refractivity contribution is 0.208. The first-order chi connectivity index (χ1) is 6.50. The van der Waals surface area contributed by atoms with Crippen LogP contribution in [0.4, 0.5) is 14.5 Å². The van der Waals surface area contributed by atoms with Crippen molar-refractivity contribution in [1.29, 1.82) is 0 Å². The first kappa shape index (κ1) is 11.4. The number of rotatable bonds is 3. The molecule has 0 spiro atoms. The Hall–Kier alpha value is -0.680. The van der Waals surface area contributed by atoms with E-state index in [0.717, 1.165) is 12.1 Å². The Balaban J connectivity index is 2.86. The molecule has 0 saturated heterocycles. The summed E-state index contributed by atoms with van der Waals surface area (Å²) < 4.78 is 26.6. The van der Waals surface area contributed by atoms with Crippen LogP contribution in [0.25, 0.3) is 0 Å². The molecule has 2 N–H and O–H groups in total. The van der Waals surface area contributed by atoms with E-state index in [4.69, 9.17) is 5.11 Å². The van der Waals surface area contributed by atoms with Crippen molar-refractivity contribution >= 4 is 21.6 Å². The quantitative estimate of drug-likeness (QED) is 0.881. The molecule has 0 fully saturated rings. The summed E-state index contributed by atoms with van der Waals surface area (Å²) in [7, 11) is 0. The van der Waals surface area contributed by atoms with Gasteiger partial charge in [-0.05, 0) is 19.1 Å². The fraction of sp³-hybridized carbons (Fsp3) is 0.333. The zero-order valence-electron chi connectivity index (χ0n) is 7.52. The van der Waals surface area contributed by atoms with Crippen LogP contribution in [0.5, 0.6) is 0 Å². The third-order valence-electron chi connectivity index (χ3n) is 1.58. The molecule has 2 nitrogen and oxygen atoms in total. The Kier molecular flexibility index (Phi) is 3.83. The second-order valence-electron chi connectivity index (χ2n) is 2.97. The van der Waals surface area contributed by atoms with Gasteiger partial charge in [0, 0.05) is 11.0 Å². The van der Waals surface area contributed by atoms with Crippen molar-refractivity contribution in [2.45, 2.75) is 13.0 Å². The van der Waals surface area contributed by atoms with Crippen LogP contribution in [0.2, 0.25) is 0 Å². The predicted octanol–water partition coefficient (Wildman–Crippen LogP) is 2.52. The van der Waals surface area contributed by atoms with Gasteiger partial charge in [0.2, 0.25) is 0 Å². The fourth-order valence-electron chi connectivity index (χ4n) is 0.961. The molecule has 1 unspecified atom stereocenters. The maximum Gasteiger partial charge on any atom is 0.150 e. The number of hydrogen-bond donors (Lipinski definition) is 2. The Morgan fingerprint density at radius 2 is 1.93 bits per heavy atom. The van der Waals surface area contributed by atoms with Crippen LogP contribution in [-0.2, 0) is 0 Å². The first-order valence-corrected chi connectivity index (χ1v) is 4.86. The molecule has 0 saturated carbocycles. The maximum absolute atomic E-state index is 13.1. The molecule has 0 radical (unpaired) electrons. The molecule has 1 aromatic rings. The molecule has 1 aromatic carbocycles. The van der Waals surface area contributed by atoms with Gasteiger partial charge in [-0.1, -0.05) is 15.9 Å². The molecule has 1 rings (SSSR count). The molecule has 78 valence electrons. The number of aliphatic hydroxyl groups excluding tert-OH is 1.